The fourth-order valence-electron chi connectivity index (χ4n) is 2.01. The van der Waals surface area contributed by atoms with E-state index in [9.17, 15) is 13.5 Å². The summed E-state index contributed by atoms with van der Waals surface area (Å²) in [5, 5.41) is 9.23. The van der Waals surface area contributed by atoms with E-state index >= 15 is 0 Å². The van der Waals surface area contributed by atoms with Crippen LogP contribution in [0.2, 0.25) is 0 Å². The van der Waals surface area contributed by atoms with Crippen molar-refractivity contribution < 1.29 is 13.5 Å². The fourth-order valence-corrected chi connectivity index (χ4v) is 3.43. The smallest absolute Gasteiger partial charge is 0.262 e. The molecule has 2 N–H and O–H groups in total. The van der Waals surface area contributed by atoms with Gasteiger partial charge in [0.2, 0.25) is 0 Å². The van der Waals surface area contributed by atoms with Crippen molar-refractivity contribution in [2.75, 3.05) is 4.72 Å². The lowest BCUT2D eigenvalue weighted by Crippen LogP contribution is -2.15. The van der Waals surface area contributed by atoms with Gasteiger partial charge in [0, 0.05) is 0 Å². The second-order valence-corrected chi connectivity index (χ2v) is 6.27. The lowest BCUT2D eigenvalue weighted by molar-refractivity contribution is 0.280. The largest absolute Gasteiger partial charge is 0.392 e. The first kappa shape index (κ1) is 14.6. The van der Waals surface area contributed by atoms with E-state index in [0.29, 0.717) is 16.8 Å². The third-order valence-corrected chi connectivity index (χ3v) is 4.76. The van der Waals surface area contributed by atoms with Crippen LogP contribution < -0.4 is 4.72 Å². The van der Waals surface area contributed by atoms with Crippen molar-refractivity contribution >= 4 is 15.7 Å². The van der Waals surface area contributed by atoms with Crippen LogP contribution in [-0.4, -0.2) is 13.5 Å². The molecule has 0 atom stereocenters. The maximum atomic E-state index is 12.5. The van der Waals surface area contributed by atoms with Gasteiger partial charge >= 0.3 is 0 Å². The van der Waals surface area contributed by atoms with E-state index in [4.69, 9.17) is 0 Å². The number of anilines is 1. The topological polar surface area (TPSA) is 66.4 Å². The van der Waals surface area contributed by atoms with Crippen LogP contribution in [0.1, 0.15) is 16.7 Å². The third kappa shape index (κ3) is 2.84. The van der Waals surface area contributed by atoms with E-state index in [1.807, 2.05) is 19.1 Å². The second-order valence-electron chi connectivity index (χ2n) is 4.62. The highest BCUT2D eigenvalue weighted by Gasteiger charge is 2.18. The highest BCUT2D eigenvalue weighted by Crippen LogP contribution is 2.23. The second kappa shape index (κ2) is 5.64. The van der Waals surface area contributed by atoms with Crippen LogP contribution in [0.3, 0.4) is 0 Å². The average molecular weight is 291 g/mol. The van der Waals surface area contributed by atoms with Gasteiger partial charge in [0.15, 0.2) is 0 Å². The molecule has 0 saturated carbocycles. The molecule has 0 radical (unpaired) electrons. The number of aliphatic hydroxyl groups is 1. The molecule has 4 nitrogen and oxygen atoms in total. The van der Waals surface area contributed by atoms with Gasteiger partial charge in [-0.15, -0.1) is 0 Å². The molecule has 0 amide bonds. The van der Waals surface area contributed by atoms with Gasteiger partial charge in [-0.05, 0) is 42.7 Å². The zero-order valence-electron chi connectivity index (χ0n) is 11.4. The average Bonchev–Trinajstić information content (AvgIpc) is 2.41. The minimum Gasteiger partial charge on any atom is -0.392 e. The Bertz CT molecular complexity index is 724. The van der Waals surface area contributed by atoms with Gasteiger partial charge in [-0.25, -0.2) is 8.42 Å². The van der Waals surface area contributed by atoms with Gasteiger partial charge in [-0.2, -0.15) is 0 Å². The highest BCUT2D eigenvalue weighted by molar-refractivity contribution is 7.92. The Hall–Kier alpha value is -1.85. The van der Waals surface area contributed by atoms with E-state index in [2.05, 4.69) is 4.72 Å². The van der Waals surface area contributed by atoms with Crippen LogP contribution in [0.15, 0.2) is 47.4 Å². The van der Waals surface area contributed by atoms with Gasteiger partial charge in [0.05, 0.1) is 17.2 Å². The zero-order valence-corrected chi connectivity index (χ0v) is 12.2. The molecular weight excluding hydrogens is 274 g/mol. The van der Waals surface area contributed by atoms with Crippen LogP contribution in [0.4, 0.5) is 5.69 Å². The molecule has 0 aliphatic heterocycles. The van der Waals surface area contributed by atoms with Crippen molar-refractivity contribution in [3.8, 4) is 0 Å². The monoisotopic (exact) mass is 291 g/mol. The maximum absolute atomic E-state index is 12.5. The van der Waals surface area contributed by atoms with Gasteiger partial charge in [0.1, 0.15) is 0 Å². The first-order valence-corrected chi connectivity index (χ1v) is 7.72. The summed E-state index contributed by atoms with van der Waals surface area (Å²) < 4.78 is 27.5. The predicted molar refractivity (Wildman–Crippen MR) is 79.1 cm³/mol. The Kier molecular flexibility index (Phi) is 4.11. The van der Waals surface area contributed by atoms with Crippen LogP contribution in [0, 0.1) is 13.8 Å². The van der Waals surface area contributed by atoms with Gasteiger partial charge < -0.3 is 5.11 Å². The SMILES string of the molecule is Cc1ccccc1NS(=O)(=O)c1cccc(CO)c1C. The number of hydrogen-bond donors (Lipinski definition) is 2. The van der Waals surface area contributed by atoms with E-state index in [1.54, 1.807) is 31.2 Å². The molecule has 2 rings (SSSR count). The summed E-state index contributed by atoms with van der Waals surface area (Å²) in [6, 6.07) is 12.1. The molecule has 0 saturated heterocycles. The van der Waals surface area contributed by atoms with Crippen LogP contribution >= 0.6 is 0 Å². The lowest BCUT2D eigenvalue weighted by atomic mass is 10.1. The molecule has 0 spiro atoms. The summed E-state index contributed by atoms with van der Waals surface area (Å²) in [4.78, 5) is 0.187. The molecule has 0 aromatic heterocycles. The number of aryl methyl sites for hydroxylation is 1. The summed E-state index contributed by atoms with van der Waals surface area (Å²) in [5.41, 5.74) is 2.59. The number of benzene rings is 2. The number of sulfonamides is 1. The summed E-state index contributed by atoms with van der Waals surface area (Å²) in [7, 11) is -3.66. The van der Waals surface area contributed by atoms with Crippen molar-refractivity contribution in [1.29, 1.82) is 0 Å². The molecule has 5 heteroatoms. The maximum Gasteiger partial charge on any atom is 0.262 e. The number of para-hydroxylation sites is 1. The lowest BCUT2D eigenvalue weighted by Gasteiger charge is -2.13. The molecule has 2 aromatic carbocycles. The molecule has 106 valence electrons. The van der Waals surface area contributed by atoms with E-state index < -0.39 is 10.0 Å². The first-order valence-electron chi connectivity index (χ1n) is 6.23. The Labute approximate surface area is 119 Å². The van der Waals surface area contributed by atoms with Gasteiger partial charge in [-0.1, -0.05) is 30.3 Å². The Morgan fingerprint density at radius 2 is 1.75 bits per heavy atom. The third-order valence-electron chi connectivity index (χ3n) is 3.25. The zero-order chi connectivity index (χ0) is 14.8. The van der Waals surface area contributed by atoms with Crippen LogP contribution in [0.25, 0.3) is 0 Å². The molecule has 2 aromatic rings. The fraction of sp³-hybridized carbons (Fsp3) is 0.200. The van der Waals surface area contributed by atoms with Crippen molar-refractivity contribution in [1.82, 2.24) is 0 Å². The van der Waals surface area contributed by atoms with Crippen molar-refractivity contribution in [2.45, 2.75) is 25.3 Å². The summed E-state index contributed by atoms with van der Waals surface area (Å²) in [6.07, 6.45) is 0. The number of rotatable bonds is 4. The van der Waals surface area contributed by atoms with Gasteiger partial charge in [-0.3, -0.25) is 4.72 Å². The van der Waals surface area contributed by atoms with E-state index in [1.165, 1.54) is 6.07 Å². The van der Waals surface area contributed by atoms with Crippen molar-refractivity contribution in [3.05, 3.63) is 59.2 Å². The highest BCUT2D eigenvalue weighted by atomic mass is 32.2. The van der Waals surface area contributed by atoms with E-state index in [0.717, 1.165) is 5.56 Å². The molecule has 20 heavy (non-hydrogen) atoms. The Morgan fingerprint density at radius 3 is 2.40 bits per heavy atom. The van der Waals surface area contributed by atoms with E-state index in [-0.39, 0.29) is 11.5 Å². The summed E-state index contributed by atoms with van der Waals surface area (Å²) in [6.45, 7) is 3.35. The standard InChI is InChI=1S/C15H17NO3S/c1-11-6-3-4-8-14(11)16-20(18,19)15-9-5-7-13(10-17)12(15)2/h3-9,16-17H,10H2,1-2H3. The molecule has 0 heterocycles. The Morgan fingerprint density at radius 1 is 1.05 bits per heavy atom. The number of aliphatic hydroxyl groups excluding tert-OH is 1. The van der Waals surface area contributed by atoms with Crippen molar-refractivity contribution in [3.63, 3.8) is 0 Å². The normalized spacial score (nSPS) is 11.3. The first-order chi connectivity index (χ1) is 9.45. The molecule has 0 unspecified atom stereocenters. The minimum atomic E-state index is -3.66. The molecule has 0 fully saturated rings. The molecular formula is C15H17NO3S. The van der Waals surface area contributed by atoms with Crippen molar-refractivity contribution in [2.24, 2.45) is 0 Å². The molecule has 0 aliphatic rings. The van der Waals surface area contributed by atoms with Crippen LogP contribution in [0.5, 0.6) is 0 Å². The predicted octanol–water partition coefficient (Wildman–Crippen LogP) is 2.60. The summed E-state index contributed by atoms with van der Waals surface area (Å²) in [5.74, 6) is 0. The molecule has 0 aliphatic carbocycles. The number of hydrogen-bond acceptors (Lipinski definition) is 3. The minimum absolute atomic E-state index is 0.181. The van der Waals surface area contributed by atoms with Crippen LogP contribution in [-0.2, 0) is 16.6 Å². The van der Waals surface area contributed by atoms with Gasteiger partial charge in [0.25, 0.3) is 10.0 Å². The molecule has 0 bridgehead atoms. The Balaban J connectivity index is 2.44. The quantitative estimate of drug-likeness (QED) is 0.910. The summed E-state index contributed by atoms with van der Waals surface area (Å²) >= 11 is 0. The number of nitrogens with one attached hydrogen (secondary N) is 1.